The first-order valence-corrected chi connectivity index (χ1v) is 16.5. The lowest BCUT2D eigenvalue weighted by Gasteiger charge is -2.22. The van der Waals surface area contributed by atoms with Crippen molar-refractivity contribution < 1.29 is 0 Å². The fourth-order valence-electron chi connectivity index (χ4n) is 6.82. The summed E-state index contributed by atoms with van der Waals surface area (Å²) in [6.45, 7) is 9.40. The zero-order valence-corrected chi connectivity index (χ0v) is 27.1. The van der Waals surface area contributed by atoms with Gasteiger partial charge >= 0.3 is 0 Å². The van der Waals surface area contributed by atoms with Crippen LogP contribution >= 0.6 is 0 Å². The number of rotatable bonds is 8. The number of nitrogens with zero attached hydrogens (tertiary/aromatic N) is 3. The topological polar surface area (TPSA) is 60.6 Å². The molecule has 5 nitrogen and oxygen atoms in total. The second kappa shape index (κ2) is 13.0. The van der Waals surface area contributed by atoms with Crippen LogP contribution in [0.15, 0.2) is 141 Å². The highest BCUT2D eigenvalue weighted by Crippen LogP contribution is 2.38. The van der Waals surface area contributed by atoms with Gasteiger partial charge in [-0.2, -0.15) is 0 Å². The summed E-state index contributed by atoms with van der Waals surface area (Å²) < 4.78 is 0. The van der Waals surface area contributed by atoms with Crippen molar-refractivity contribution in [2.75, 3.05) is 18.0 Å². The summed E-state index contributed by atoms with van der Waals surface area (Å²) in [6.07, 6.45) is 12.3. The van der Waals surface area contributed by atoms with Crippen LogP contribution in [0.5, 0.6) is 0 Å². The van der Waals surface area contributed by atoms with Crippen LogP contribution in [0.1, 0.15) is 22.8 Å². The van der Waals surface area contributed by atoms with Gasteiger partial charge in [-0.1, -0.05) is 103 Å². The molecule has 5 heterocycles. The van der Waals surface area contributed by atoms with Gasteiger partial charge in [0.25, 0.3) is 0 Å². The van der Waals surface area contributed by atoms with Crippen LogP contribution in [-0.2, 0) is 0 Å². The van der Waals surface area contributed by atoms with E-state index in [0.717, 1.165) is 83.9 Å². The van der Waals surface area contributed by atoms with E-state index in [0.29, 0.717) is 13.1 Å². The maximum Gasteiger partial charge on any atom is 0.0893 e. The number of nitrogens with one attached hydrogen (secondary N) is 2. The molecule has 0 aliphatic carbocycles. The first-order valence-electron chi connectivity index (χ1n) is 16.5. The van der Waals surface area contributed by atoms with Gasteiger partial charge in [0.15, 0.2) is 0 Å². The highest BCUT2D eigenvalue weighted by atomic mass is 15.1. The molecule has 0 amide bonds. The molecule has 236 valence electrons. The Kier molecular flexibility index (Phi) is 7.92. The van der Waals surface area contributed by atoms with Crippen molar-refractivity contribution in [3.8, 4) is 33.4 Å². The van der Waals surface area contributed by atoms with E-state index in [1.807, 2.05) is 30.4 Å². The molecule has 0 saturated carbocycles. The highest BCUT2D eigenvalue weighted by Gasteiger charge is 2.19. The number of fused-ring (bicyclic) bond motifs is 8. The van der Waals surface area contributed by atoms with Crippen molar-refractivity contribution in [2.45, 2.75) is 0 Å². The summed E-state index contributed by atoms with van der Waals surface area (Å²) in [5.41, 5.74) is 14.7. The van der Waals surface area contributed by atoms with Crippen molar-refractivity contribution >= 4 is 52.1 Å². The number of hydrogen-bond acceptors (Lipinski definition) is 3. The Morgan fingerprint density at radius 1 is 0.449 bits per heavy atom. The van der Waals surface area contributed by atoms with E-state index in [1.54, 1.807) is 0 Å². The van der Waals surface area contributed by atoms with Crippen LogP contribution in [0.25, 0.3) is 79.8 Å². The normalized spacial score (nSPS) is 11.8. The number of H-pyrrole nitrogens is 2. The van der Waals surface area contributed by atoms with Crippen molar-refractivity contribution in [1.29, 1.82) is 0 Å². The Bertz CT molecular complexity index is 2370. The molecule has 0 fully saturated rings. The summed E-state index contributed by atoms with van der Waals surface area (Å²) in [5.74, 6) is 0. The van der Waals surface area contributed by atoms with Gasteiger partial charge in [0.2, 0.25) is 0 Å². The highest BCUT2D eigenvalue weighted by molar-refractivity contribution is 5.99. The van der Waals surface area contributed by atoms with Crippen molar-refractivity contribution in [1.82, 2.24) is 19.9 Å². The smallest absolute Gasteiger partial charge is 0.0893 e. The molecule has 0 radical (unpaired) electrons. The molecule has 0 atom stereocenters. The summed E-state index contributed by atoms with van der Waals surface area (Å²) in [6, 6.07) is 40.0. The van der Waals surface area contributed by atoms with E-state index >= 15 is 0 Å². The molecule has 2 N–H and O–H groups in total. The molecule has 6 aromatic rings. The molecule has 2 aliphatic rings. The molecule has 5 heteroatoms. The Balaban J connectivity index is 1.57. The number of aromatic amines is 2. The second-order valence-electron chi connectivity index (χ2n) is 12.1. The average Bonchev–Trinajstić information content (AvgIpc) is 3.97. The largest absolute Gasteiger partial charge is 0.361 e. The Hall–Kier alpha value is -6.46. The molecular formula is C44H35N5. The molecular weight excluding hydrogens is 599 g/mol. The standard InChI is InChI=1S/C44H35N5/c1-3-28-49(29-4-2)44-39-26-24-37(47-39)42(31-16-10-6-11-17-31)35-22-20-33(45-35)41(30-14-8-5-9-15-30)34-21-23-36(46-34)43(32-18-12-7-13-19-32)38-25-27-40(44)48-38/h3-27,45,48H,1-2,28-29H2. The molecule has 8 bridgehead atoms. The van der Waals surface area contributed by atoms with Gasteiger partial charge in [-0.05, 0) is 65.3 Å². The van der Waals surface area contributed by atoms with Gasteiger partial charge in [0.05, 0.1) is 34.0 Å². The third-order valence-electron chi connectivity index (χ3n) is 8.93. The van der Waals surface area contributed by atoms with Crippen LogP contribution in [0.4, 0.5) is 5.69 Å². The van der Waals surface area contributed by atoms with Crippen molar-refractivity contribution in [3.63, 3.8) is 0 Å². The summed E-state index contributed by atoms with van der Waals surface area (Å²) in [7, 11) is 0. The molecule has 3 aromatic heterocycles. The lowest BCUT2D eigenvalue weighted by Crippen LogP contribution is -2.24. The molecule has 0 unspecified atom stereocenters. The number of hydrogen-bond donors (Lipinski definition) is 2. The first kappa shape index (κ1) is 29.9. The third-order valence-corrected chi connectivity index (χ3v) is 8.93. The molecule has 8 rings (SSSR count). The van der Waals surface area contributed by atoms with Crippen molar-refractivity contribution in [2.24, 2.45) is 0 Å². The lowest BCUT2D eigenvalue weighted by molar-refractivity contribution is 0.954. The van der Waals surface area contributed by atoms with Crippen LogP contribution in [0, 0.1) is 0 Å². The molecule has 49 heavy (non-hydrogen) atoms. The van der Waals surface area contributed by atoms with Crippen LogP contribution in [-0.4, -0.2) is 33.0 Å². The lowest BCUT2D eigenvalue weighted by atomic mass is 10.0. The summed E-state index contributed by atoms with van der Waals surface area (Å²) in [5, 5.41) is 0. The van der Waals surface area contributed by atoms with E-state index in [9.17, 15) is 0 Å². The van der Waals surface area contributed by atoms with E-state index in [4.69, 9.17) is 9.97 Å². The molecule has 2 aliphatic heterocycles. The maximum atomic E-state index is 5.35. The van der Waals surface area contributed by atoms with Crippen LogP contribution in [0.3, 0.4) is 0 Å². The maximum absolute atomic E-state index is 5.35. The zero-order chi connectivity index (χ0) is 33.2. The van der Waals surface area contributed by atoms with E-state index in [2.05, 4.69) is 149 Å². The predicted octanol–water partition coefficient (Wildman–Crippen LogP) is 10.8. The monoisotopic (exact) mass is 633 g/mol. The van der Waals surface area contributed by atoms with Gasteiger partial charge in [-0.25, -0.2) is 9.97 Å². The number of aromatic nitrogens is 4. The van der Waals surface area contributed by atoms with Gasteiger partial charge in [0.1, 0.15) is 0 Å². The Labute approximate surface area is 286 Å². The summed E-state index contributed by atoms with van der Waals surface area (Å²) >= 11 is 0. The van der Waals surface area contributed by atoms with Crippen molar-refractivity contribution in [3.05, 3.63) is 163 Å². The van der Waals surface area contributed by atoms with E-state index < -0.39 is 0 Å². The predicted molar refractivity (Wildman–Crippen MR) is 208 cm³/mol. The zero-order valence-electron chi connectivity index (χ0n) is 27.1. The van der Waals surface area contributed by atoms with Gasteiger partial charge in [-0.15, -0.1) is 13.2 Å². The minimum atomic E-state index is 0.633. The Morgan fingerprint density at radius 3 is 1.20 bits per heavy atom. The van der Waals surface area contributed by atoms with Crippen LogP contribution < -0.4 is 4.90 Å². The molecule has 3 aromatic carbocycles. The number of anilines is 1. The van der Waals surface area contributed by atoms with E-state index in [-0.39, 0.29) is 0 Å². The van der Waals surface area contributed by atoms with Gasteiger partial charge in [0, 0.05) is 46.3 Å². The van der Waals surface area contributed by atoms with Crippen LogP contribution in [0.2, 0.25) is 0 Å². The second-order valence-corrected chi connectivity index (χ2v) is 12.1. The SMILES string of the molecule is C=CCN(CC=C)c1c2nc(c(-c3ccccc3)c3ccc([nH]3)c(-c3ccccc3)c3nc(c(-c4ccccc4)c4ccc1[nH]4)C=C3)C=C2. The summed E-state index contributed by atoms with van der Waals surface area (Å²) in [4.78, 5) is 20.5. The molecule has 0 saturated heterocycles. The molecule has 0 spiro atoms. The van der Waals surface area contributed by atoms with E-state index in [1.165, 1.54) is 0 Å². The minimum Gasteiger partial charge on any atom is -0.361 e. The minimum absolute atomic E-state index is 0.633. The first-order chi connectivity index (χ1) is 24.2. The Morgan fingerprint density at radius 2 is 0.796 bits per heavy atom. The van der Waals surface area contributed by atoms with Gasteiger partial charge < -0.3 is 14.9 Å². The van der Waals surface area contributed by atoms with Gasteiger partial charge in [-0.3, -0.25) is 0 Å². The third kappa shape index (κ3) is 5.62. The fourth-order valence-corrected chi connectivity index (χ4v) is 6.82. The quantitative estimate of drug-likeness (QED) is 0.164. The number of benzene rings is 3. The average molecular weight is 634 g/mol. The fraction of sp³-hybridized carbons (Fsp3) is 0.0455.